The second-order valence-electron chi connectivity index (χ2n) is 5.53. The van der Waals surface area contributed by atoms with Crippen LogP contribution in [0.4, 0.5) is 0 Å². The number of aryl methyl sites for hydroxylation is 2. The molecule has 1 heterocycles. The first-order valence-corrected chi connectivity index (χ1v) is 8.12. The molecular formula is C16H32N4. The van der Waals surface area contributed by atoms with Crippen molar-refractivity contribution in [3.63, 3.8) is 0 Å². The van der Waals surface area contributed by atoms with Crippen molar-refractivity contribution in [3.05, 3.63) is 18.0 Å². The van der Waals surface area contributed by atoms with Crippen LogP contribution >= 0.6 is 0 Å². The zero-order valence-electron chi connectivity index (χ0n) is 13.7. The summed E-state index contributed by atoms with van der Waals surface area (Å²) in [7, 11) is 1.98. The molecule has 0 aliphatic carbocycles. The Hall–Kier alpha value is -0.870. The first-order valence-electron chi connectivity index (χ1n) is 8.12. The van der Waals surface area contributed by atoms with Crippen LogP contribution in [0.2, 0.25) is 0 Å². The zero-order valence-corrected chi connectivity index (χ0v) is 13.7. The van der Waals surface area contributed by atoms with E-state index in [1.54, 1.807) is 0 Å². The van der Waals surface area contributed by atoms with E-state index in [-0.39, 0.29) is 0 Å². The Morgan fingerprint density at radius 1 is 1.25 bits per heavy atom. The van der Waals surface area contributed by atoms with Gasteiger partial charge < -0.3 is 10.2 Å². The van der Waals surface area contributed by atoms with Gasteiger partial charge in [-0.2, -0.15) is 5.10 Å². The lowest BCUT2D eigenvalue weighted by Gasteiger charge is -2.23. The molecule has 0 fully saturated rings. The highest BCUT2D eigenvalue weighted by Gasteiger charge is 2.10. The average molecular weight is 280 g/mol. The SMILES string of the molecule is CCCNC(CCc1cnn(C)c1)CCN(CC)CC. The molecule has 20 heavy (non-hydrogen) atoms. The molecule has 0 spiro atoms. The summed E-state index contributed by atoms with van der Waals surface area (Å²) in [5, 5.41) is 7.94. The maximum atomic E-state index is 4.25. The molecule has 4 heteroatoms. The fourth-order valence-corrected chi connectivity index (χ4v) is 2.52. The molecule has 0 amide bonds. The summed E-state index contributed by atoms with van der Waals surface area (Å²) >= 11 is 0. The second kappa shape index (κ2) is 9.94. The first kappa shape index (κ1) is 17.2. The van der Waals surface area contributed by atoms with Crippen LogP contribution in [0.25, 0.3) is 0 Å². The number of rotatable bonds is 11. The van der Waals surface area contributed by atoms with E-state index >= 15 is 0 Å². The number of hydrogen-bond acceptors (Lipinski definition) is 3. The van der Waals surface area contributed by atoms with E-state index in [2.05, 4.69) is 42.3 Å². The summed E-state index contributed by atoms with van der Waals surface area (Å²) in [6.07, 6.45) is 8.87. The Bertz CT molecular complexity index is 344. The van der Waals surface area contributed by atoms with Crippen molar-refractivity contribution in [2.75, 3.05) is 26.2 Å². The monoisotopic (exact) mass is 280 g/mol. The van der Waals surface area contributed by atoms with Gasteiger partial charge in [0.05, 0.1) is 6.20 Å². The van der Waals surface area contributed by atoms with E-state index in [1.807, 2.05) is 17.9 Å². The third-order valence-corrected chi connectivity index (χ3v) is 3.91. The van der Waals surface area contributed by atoms with E-state index < -0.39 is 0 Å². The fraction of sp³-hybridized carbons (Fsp3) is 0.812. The quantitative estimate of drug-likeness (QED) is 0.676. The summed E-state index contributed by atoms with van der Waals surface area (Å²) in [5.74, 6) is 0. The fourth-order valence-electron chi connectivity index (χ4n) is 2.52. The van der Waals surface area contributed by atoms with Gasteiger partial charge in [0.15, 0.2) is 0 Å². The predicted octanol–water partition coefficient (Wildman–Crippen LogP) is 2.45. The van der Waals surface area contributed by atoms with Gasteiger partial charge in [0.2, 0.25) is 0 Å². The average Bonchev–Trinajstić information content (AvgIpc) is 2.87. The lowest BCUT2D eigenvalue weighted by Crippen LogP contribution is -2.35. The molecule has 1 atom stereocenters. The molecule has 1 unspecified atom stereocenters. The Morgan fingerprint density at radius 3 is 2.55 bits per heavy atom. The van der Waals surface area contributed by atoms with Crippen molar-refractivity contribution in [3.8, 4) is 0 Å². The van der Waals surface area contributed by atoms with Gasteiger partial charge in [-0.25, -0.2) is 0 Å². The van der Waals surface area contributed by atoms with Gasteiger partial charge in [0, 0.05) is 19.3 Å². The van der Waals surface area contributed by atoms with Crippen LogP contribution in [0.3, 0.4) is 0 Å². The van der Waals surface area contributed by atoms with Crippen molar-refractivity contribution >= 4 is 0 Å². The van der Waals surface area contributed by atoms with Gasteiger partial charge in [-0.05, 0) is 57.4 Å². The molecule has 1 aromatic rings. The van der Waals surface area contributed by atoms with Crippen LogP contribution in [-0.4, -0.2) is 46.9 Å². The van der Waals surface area contributed by atoms with Crippen molar-refractivity contribution in [1.82, 2.24) is 20.0 Å². The molecule has 0 aliphatic heterocycles. The van der Waals surface area contributed by atoms with Crippen LogP contribution < -0.4 is 5.32 Å². The van der Waals surface area contributed by atoms with Crippen LogP contribution in [-0.2, 0) is 13.5 Å². The Labute approximate surface area is 124 Å². The summed E-state index contributed by atoms with van der Waals surface area (Å²) < 4.78 is 1.89. The Morgan fingerprint density at radius 2 is 2.00 bits per heavy atom. The summed E-state index contributed by atoms with van der Waals surface area (Å²) in [5.41, 5.74) is 1.35. The molecule has 116 valence electrons. The van der Waals surface area contributed by atoms with E-state index in [1.165, 1.54) is 31.4 Å². The third-order valence-electron chi connectivity index (χ3n) is 3.91. The van der Waals surface area contributed by atoms with E-state index in [4.69, 9.17) is 0 Å². The van der Waals surface area contributed by atoms with Crippen LogP contribution in [0, 0.1) is 0 Å². The summed E-state index contributed by atoms with van der Waals surface area (Å²) in [6.45, 7) is 11.3. The number of hydrogen-bond donors (Lipinski definition) is 1. The molecule has 0 aromatic carbocycles. The molecule has 1 aromatic heterocycles. The normalized spacial score (nSPS) is 13.1. The predicted molar refractivity (Wildman–Crippen MR) is 86.0 cm³/mol. The van der Waals surface area contributed by atoms with Gasteiger partial charge in [-0.3, -0.25) is 4.68 Å². The van der Waals surface area contributed by atoms with Crippen molar-refractivity contribution in [1.29, 1.82) is 0 Å². The zero-order chi connectivity index (χ0) is 14.8. The van der Waals surface area contributed by atoms with Gasteiger partial charge in [0.1, 0.15) is 0 Å². The lowest BCUT2D eigenvalue weighted by molar-refractivity contribution is 0.277. The Kier molecular flexibility index (Phi) is 8.54. The molecular weight excluding hydrogens is 248 g/mol. The summed E-state index contributed by atoms with van der Waals surface area (Å²) in [6, 6.07) is 0.621. The molecule has 0 saturated carbocycles. The van der Waals surface area contributed by atoms with Gasteiger partial charge in [-0.15, -0.1) is 0 Å². The Balaban J connectivity index is 2.38. The minimum absolute atomic E-state index is 0.621. The van der Waals surface area contributed by atoms with Crippen molar-refractivity contribution in [2.24, 2.45) is 7.05 Å². The minimum atomic E-state index is 0.621. The highest BCUT2D eigenvalue weighted by Crippen LogP contribution is 2.08. The topological polar surface area (TPSA) is 33.1 Å². The maximum absolute atomic E-state index is 4.25. The summed E-state index contributed by atoms with van der Waals surface area (Å²) in [4.78, 5) is 2.50. The minimum Gasteiger partial charge on any atom is -0.314 e. The largest absolute Gasteiger partial charge is 0.314 e. The first-order chi connectivity index (χ1) is 9.69. The number of nitrogens with zero attached hydrogens (tertiary/aromatic N) is 3. The molecule has 1 rings (SSSR count). The molecule has 4 nitrogen and oxygen atoms in total. The van der Waals surface area contributed by atoms with Gasteiger partial charge >= 0.3 is 0 Å². The van der Waals surface area contributed by atoms with Crippen LogP contribution in [0.1, 0.15) is 45.6 Å². The number of nitrogens with one attached hydrogen (secondary N) is 1. The van der Waals surface area contributed by atoms with E-state index in [9.17, 15) is 0 Å². The molecule has 0 bridgehead atoms. The second-order valence-corrected chi connectivity index (χ2v) is 5.53. The van der Waals surface area contributed by atoms with E-state index in [0.29, 0.717) is 6.04 Å². The third kappa shape index (κ3) is 6.53. The highest BCUT2D eigenvalue weighted by atomic mass is 15.2. The standard InChI is InChI=1S/C16H32N4/c1-5-11-17-16(10-12-20(6-2)7-3)9-8-15-13-18-19(4)14-15/h13-14,16-17H,5-12H2,1-4H3. The van der Waals surface area contributed by atoms with Gasteiger partial charge in [0.25, 0.3) is 0 Å². The molecule has 0 saturated heterocycles. The smallest absolute Gasteiger partial charge is 0.0521 e. The lowest BCUT2D eigenvalue weighted by atomic mass is 10.0. The maximum Gasteiger partial charge on any atom is 0.0521 e. The molecule has 1 N–H and O–H groups in total. The molecule has 0 aliphatic rings. The van der Waals surface area contributed by atoms with Crippen molar-refractivity contribution < 1.29 is 0 Å². The van der Waals surface area contributed by atoms with Crippen LogP contribution in [0.5, 0.6) is 0 Å². The van der Waals surface area contributed by atoms with Crippen molar-refractivity contribution in [2.45, 2.75) is 52.5 Å². The highest BCUT2D eigenvalue weighted by molar-refractivity contribution is 5.03. The number of aromatic nitrogens is 2. The van der Waals surface area contributed by atoms with Crippen LogP contribution in [0.15, 0.2) is 12.4 Å². The van der Waals surface area contributed by atoms with Gasteiger partial charge in [-0.1, -0.05) is 20.8 Å². The molecule has 0 radical (unpaired) electrons. The van der Waals surface area contributed by atoms with E-state index in [0.717, 1.165) is 26.1 Å².